The third kappa shape index (κ3) is 2.96. The van der Waals surface area contributed by atoms with E-state index in [4.69, 9.17) is 4.42 Å². The van der Waals surface area contributed by atoms with E-state index in [-0.39, 0.29) is 6.54 Å². The van der Waals surface area contributed by atoms with E-state index in [0.29, 0.717) is 10.7 Å². The average molecular weight is 321 g/mol. The standard InChI is InChI=1S/C17H23NO3S/c1-11-9-12(2)15(5)17(14(11)4)22(19,20)18(6)10-16-8-7-13(3)21-16/h7-9H,10H2,1-6H3. The minimum absolute atomic E-state index is 0.224. The van der Waals surface area contributed by atoms with Crippen LogP contribution in [0.2, 0.25) is 0 Å². The van der Waals surface area contributed by atoms with Gasteiger partial charge in [-0.15, -0.1) is 0 Å². The summed E-state index contributed by atoms with van der Waals surface area (Å²) in [6.07, 6.45) is 0. The summed E-state index contributed by atoms with van der Waals surface area (Å²) in [7, 11) is -1.97. The van der Waals surface area contributed by atoms with Crippen LogP contribution in [-0.4, -0.2) is 19.8 Å². The van der Waals surface area contributed by atoms with Crippen molar-refractivity contribution in [3.63, 3.8) is 0 Å². The molecular formula is C17H23NO3S. The monoisotopic (exact) mass is 321 g/mol. The molecule has 0 spiro atoms. The molecule has 0 aliphatic rings. The molecule has 0 radical (unpaired) electrons. The molecule has 0 atom stereocenters. The Morgan fingerprint density at radius 1 is 1.00 bits per heavy atom. The lowest BCUT2D eigenvalue weighted by molar-refractivity contribution is 0.397. The van der Waals surface area contributed by atoms with Gasteiger partial charge in [0.1, 0.15) is 11.5 Å². The van der Waals surface area contributed by atoms with Crippen molar-refractivity contribution in [2.24, 2.45) is 0 Å². The van der Waals surface area contributed by atoms with Crippen LogP contribution in [0.4, 0.5) is 0 Å². The highest BCUT2D eigenvalue weighted by atomic mass is 32.2. The molecule has 1 aromatic heterocycles. The summed E-state index contributed by atoms with van der Waals surface area (Å²) in [4.78, 5) is 0.413. The Hall–Kier alpha value is -1.59. The molecule has 22 heavy (non-hydrogen) atoms. The number of nitrogens with zero attached hydrogens (tertiary/aromatic N) is 1. The number of hydrogen-bond acceptors (Lipinski definition) is 3. The molecule has 1 heterocycles. The summed E-state index contributed by atoms with van der Waals surface area (Å²) in [6.45, 7) is 9.67. The smallest absolute Gasteiger partial charge is 0.243 e. The summed E-state index contributed by atoms with van der Waals surface area (Å²) >= 11 is 0. The largest absolute Gasteiger partial charge is 0.465 e. The van der Waals surface area contributed by atoms with Crippen LogP contribution in [0.25, 0.3) is 0 Å². The van der Waals surface area contributed by atoms with E-state index < -0.39 is 10.0 Å². The number of furan rings is 1. The molecule has 4 nitrogen and oxygen atoms in total. The zero-order valence-corrected chi connectivity index (χ0v) is 14.8. The molecule has 0 aliphatic carbocycles. The Kier molecular flexibility index (Phi) is 4.49. The SMILES string of the molecule is Cc1ccc(CN(C)S(=O)(=O)c2c(C)c(C)cc(C)c2C)o1. The van der Waals surface area contributed by atoms with Crippen molar-refractivity contribution < 1.29 is 12.8 Å². The Morgan fingerprint density at radius 3 is 2.00 bits per heavy atom. The molecule has 0 amide bonds. The lowest BCUT2D eigenvalue weighted by Gasteiger charge is -2.21. The minimum Gasteiger partial charge on any atom is -0.465 e. The van der Waals surface area contributed by atoms with Crippen molar-refractivity contribution in [3.05, 3.63) is 52.0 Å². The average Bonchev–Trinajstić information content (AvgIpc) is 2.82. The van der Waals surface area contributed by atoms with E-state index >= 15 is 0 Å². The topological polar surface area (TPSA) is 50.5 Å². The first-order valence-corrected chi connectivity index (χ1v) is 8.67. The first kappa shape index (κ1) is 16.8. The normalized spacial score (nSPS) is 12.1. The second kappa shape index (κ2) is 5.89. The van der Waals surface area contributed by atoms with Crippen LogP contribution in [0.1, 0.15) is 33.8 Å². The van der Waals surface area contributed by atoms with E-state index in [1.165, 1.54) is 4.31 Å². The van der Waals surface area contributed by atoms with E-state index in [0.717, 1.165) is 28.0 Å². The second-order valence-electron chi connectivity index (χ2n) is 5.86. The fourth-order valence-electron chi connectivity index (χ4n) is 2.60. The van der Waals surface area contributed by atoms with Crippen LogP contribution in [0, 0.1) is 34.6 Å². The summed E-state index contributed by atoms with van der Waals surface area (Å²) in [5, 5.41) is 0. The van der Waals surface area contributed by atoms with Crippen molar-refractivity contribution in [1.82, 2.24) is 4.31 Å². The van der Waals surface area contributed by atoms with E-state index in [1.54, 1.807) is 7.05 Å². The molecule has 0 saturated heterocycles. The zero-order valence-electron chi connectivity index (χ0n) is 14.0. The van der Waals surface area contributed by atoms with Gasteiger partial charge in [-0.05, 0) is 69.0 Å². The molecule has 0 N–H and O–H groups in total. The van der Waals surface area contributed by atoms with Gasteiger partial charge in [0.25, 0.3) is 0 Å². The molecule has 120 valence electrons. The lowest BCUT2D eigenvalue weighted by atomic mass is 10.0. The molecule has 0 saturated carbocycles. The number of aryl methyl sites for hydroxylation is 3. The number of benzene rings is 1. The molecule has 0 fully saturated rings. The van der Waals surface area contributed by atoms with Crippen molar-refractivity contribution >= 4 is 10.0 Å². The van der Waals surface area contributed by atoms with Crippen molar-refractivity contribution in [2.75, 3.05) is 7.05 Å². The first-order valence-electron chi connectivity index (χ1n) is 7.23. The maximum Gasteiger partial charge on any atom is 0.243 e. The van der Waals surface area contributed by atoms with Gasteiger partial charge in [0.05, 0.1) is 11.4 Å². The van der Waals surface area contributed by atoms with Gasteiger partial charge in [-0.2, -0.15) is 4.31 Å². The lowest BCUT2D eigenvalue weighted by Crippen LogP contribution is -2.28. The van der Waals surface area contributed by atoms with Crippen LogP contribution in [0.5, 0.6) is 0 Å². The van der Waals surface area contributed by atoms with Crippen LogP contribution in [0.3, 0.4) is 0 Å². The van der Waals surface area contributed by atoms with Crippen LogP contribution in [0.15, 0.2) is 27.5 Å². The fourth-order valence-corrected chi connectivity index (χ4v) is 4.30. The quantitative estimate of drug-likeness (QED) is 0.864. The third-order valence-corrected chi connectivity index (χ3v) is 6.22. The molecule has 1 aromatic carbocycles. The van der Waals surface area contributed by atoms with Gasteiger partial charge in [0.15, 0.2) is 0 Å². The Bertz CT molecular complexity index is 777. The van der Waals surface area contributed by atoms with Gasteiger partial charge < -0.3 is 4.42 Å². The predicted molar refractivity (Wildman–Crippen MR) is 87.5 cm³/mol. The van der Waals surface area contributed by atoms with Crippen LogP contribution >= 0.6 is 0 Å². The van der Waals surface area contributed by atoms with Crippen LogP contribution < -0.4 is 0 Å². The van der Waals surface area contributed by atoms with Gasteiger partial charge >= 0.3 is 0 Å². The molecular weight excluding hydrogens is 298 g/mol. The van der Waals surface area contributed by atoms with Crippen molar-refractivity contribution in [3.8, 4) is 0 Å². The van der Waals surface area contributed by atoms with Gasteiger partial charge in [-0.3, -0.25) is 0 Å². The van der Waals surface area contributed by atoms with Gasteiger partial charge in [0, 0.05) is 7.05 Å². The van der Waals surface area contributed by atoms with Crippen molar-refractivity contribution in [1.29, 1.82) is 0 Å². The molecule has 2 aromatic rings. The number of sulfonamides is 1. The second-order valence-corrected chi connectivity index (χ2v) is 7.84. The number of hydrogen-bond donors (Lipinski definition) is 0. The highest BCUT2D eigenvalue weighted by molar-refractivity contribution is 7.89. The maximum atomic E-state index is 13.0. The van der Waals surface area contributed by atoms with E-state index in [1.807, 2.05) is 52.8 Å². The Labute approximate surface area is 132 Å². The molecule has 0 unspecified atom stereocenters. The number of rotatable bonds is 4. The summed E-state index contributed by atoms with van der Waals surface area (Å²) in [6, 6.07) is 5.67. The third-order valence-electron chi connectivity index (χ3n) is 4.14. The minimum atomic E-state index is -3.56. The predicted octanol–water partition coefficient (Wildman–Crippen LogP) is 3.64. The highest BCUT2D eigenvalue weighted by Gasteiger charge is 2.27. The van der Waals surface area contributed by atoms with E-state index in [9.17, 15) is 8.42 Å². The molecule has 2 rings (SSSR count). The fraction of sp³-hybridized carbons (Fsp3) is 0.412. The highest BCUT2D eigenvalue weighted by Crippen LogP contribution is 2.29. The van der Waals surface area contributed by atoms with Crippen LogP contribution in [-0.2, 0) is 16.6 Å². The molecule has 0 aliphatic heterocycles. The van der Waals surface area contributed by atoms with E-state index in [2.05, 4.69) is 0 Å². The summed E-state index contributed by atoms with van der Waals surface area (Å²) in [5.41, 5.74) is 3.60. The Morgan fingerprint density at radius 2 is 1.55 bits per heavy atom. The molecule has 5 heteroatoms. The van der Waals surface area contributed by atoms with Crippen molar-refractivity contribution in [2.45, 2.75) is 46.1 Å². The zero-order chi connectivity index (χ0) is 16.7. The summed E-state index contributed by atoms with van der Waals surface area (Å²) in [5.74, 6) is 1.42. The van der Waals surface area contributed by atoms with Gasteiger partial charge in [0.2, 0.25) is 10.0 Å². The van der Waals surface area contributed by atoms with Gasteiger partial charge in [-0.25, -0.2) is 8.42 Å². The molecule has 0 bridgehead atoms. The summed E-state index contributed by atoms with van der Waals surface area (Å²) < 4.78 is 32.8. The first-order chi connectivity index (χ1) is 10.1. The maximum absolute atomic E-state index is 13.0. The Balaban J connectivity index is 2.46. The van der Waals surface area contributed by atoms with Gasteiger partial charge in [-0.1, -0.05) is 6.07 Å².